The monoisotopic (exact) mass is 235 g/mol. The van der Waals surface area contributed by atoms with Gasteiger partial charge in [-0.3, -0.25) is 5.32 Å². The molecule has 0 radical (unpaired) electrons. The first-order valence-corrected chi connectivity index (χ1v) is 5.78. The minimum absolute atomic E-state index is 0.243. The summed E-state index contributed by atoms with van der Waals surface area (Å²) in [5.41, 5.74) is 3.38. The third-order valence-corrected chi connectivity index (χ3v) is 3.39. The van der Waals surface area contributed by atoms with Crippen LogP contribution in [0.25, 0.3) is 10.2 Å². The molecule has 5 heteroatoms. The molecule has 0 aliphatic heterocycles. The van der Waals surface area contributed by atoms with Crippen LogP contribution in [-0.2, 0) is 0 Å². The van der Waals surface area contributed by atoms with Crippen LogP contribution in [0.3, 0.4) is 0 Å². The molecule has 0 spiro atoms. The molecule has 2 N–H and O–H groups in total. The van der Waals surface area contributed by atoms with E-state index in [1.807, 2.05) is 6.07 Å². The van der Waals surface area contributed by atoms with Crippen molar-refractivity contribution in [2.24, 2.45) is 0 Å². The Balaban J connectivity index is 2.40. The zero-order valence-corrected chi connectivity index (χ0v) is 10.2. The van der Waals surface area contributed by atoms with Gasteiger partial charge in [0.05, 0.1) is 10.2 Å². The number of anilines is 1. The smallest absolute Gasteiger partial charge is 0.320 e. The summed E-state index contributed by atoms with van der Waals surface area (Å²) < 4.78 is 1.09. The van der Waals surface area contributed by atoms with Crippen LogP contribution in [0.5, 0.6) is 0 Å². The number of thiazole rings is 1. The number of benzene rings is 1. The molecule has 1 aromatic carbocycles. The lowest BCUT2D eigenvalue weighted by atomic mass is 10.1. The van der Waals surface area contributed by atoms with E-state index in [-0.39, 0.29) is 6.03 Å². The summed E-state index contributed by atoms with van der Waals surface area (Å²) >= 11 is 1.48. The molecule has 0 unspecified atom stereocenters. The van der Waals surface area contributed by atoms with Gasteiger partial charge >= 0.3 is 6.03 Å². The second-order valence-electron chi connectivity index (χ2n) is 3.63. The second kappa shape index (κ2) is 4.09. The van der Waals surface area contributed by atoms with E-state index < -0.39 is 0 Å². The van der Waals surface area contributed by atoms with E-state index in [2.05, 4.69) is 35.5 Å². The van der Waals surface area contributed by atoms with E-state index >= 15 is 0 Å². The summed E-state index contributed by atoms with van der Waals surface area (Å²) in [4.78, 5) is 15.5. The van der Waals surface area contributed by atoms with E-state index in [9.17, 15) is 4.79 Å². The van der Waals surface area contributed by atoms with Crippen LogP contribution in [0.4, 0.5) is 9.93 Å². The molecular formula is C11H13N3OS. The van der Waals surface area contributed by atoms with Gasteiger partial charge in [-0.25, -0.2) is 9.78 Å². The van der Waals surface area contributed by atoms with Gasteiger partial charge < -0.3 is 5.32 Å². The number of fused-ring (bicyclic) bond motifs is 1. The molecule has 0 saturated heterocycles. The van der Waals surface area contributed by atoms with Gasteiger partial charge in [0.1, 0.15) is 0 Å². The highest BCUT2D eigenvalue weighted by molar-refractivity contribution is 7.22. The Morgan fingerprint density at radius 3 is 2.69 bits per heavy atom. The van der Waals surface area contributed by atoms with Crippen molar-refractivity contribution < 1.29 is 4.79 Å². The van der Waals surface area contributed by atoms with Crippen molar-refractivity contribution >= 4 is 32.7 Å². The molecule has 1 heterocycles. The molecule has 0 aliphatic carbocycles. The van der Waals surface area contributed by atoms with Crippen molar-refractivity contribution in [3.63, 3.8) is 0 Å². The van der Waals surface area contributed by atoms with Gasteiger partial charge in [-0.2, -0.15) is 0 Å². The summed E-state index contributed by atoms with van der Waals surface area (Å²) in [7, 11) is 1.58. The minimum Gasteiger partial charge on any atom is -0.341 e. The maximum absolute atomic E-state index is 11.1. The zero-order chi connectivity index (χ0) is 11.7. The van der Waals surface area contributed by atoms with Crippen molar-refractivity contribution in [3.8, 4) is 0 Å². The number of nitrogens with zero attached hydrogens (tertiary/aromatic N) is 1. The molecule has 4 nitrogen and oxygen atoms in total. The molecule has 0 saturated carbocycles. The van der Waals surface area contributed by atoms with Crippen molar-refractivity contribution in [3.05, 3.63) is 23.3 Å². The number of amides is 2. The average molecular weight is 235 g/mol. The van der Waals surface area contributed by atoms with Gasteiger partial charge in [-0.15, -0.1) is 0 Å². The minimum atomic E-state index is -0.243. The Hall–Kier alpha value is -1.62. The Morgan fingerprint density at radius 2 is 2.00 bits per heavy atom. The molecule has 1 aromatic heterocycles. The Labute approximate surface area is 97.7 Å². The van der Waals surface area contributed by atoms with Crippen molar-refractivity contribution in [1.29, 1.82) is 0 Å². The number of hydrogen-bond donors (Lipinski definition) is 2. The molecular weight excluding hydrogens is 222 g/mol. The fourth-order valence-electron chi connectivity index (χ4n) is 1.39. The lowest BCUT2D eigenvalue weighted by molar-refractivity contribution is 0.254. The summed E-state index contributed by atoms with van der Waals surface area (Å²) in [6.45, 7) is 4.13. The number of carbonyl (C=O) groups is 1. The van der Waals surface area contributed by atoms with E-state index in [0.717, 1.165) is 10.2 Å². The first kappa shape index (κ1) is 10.9. The van der Waals surface area contributed by atoms with Crippen molar-refractivity contribution in [1.82, 2.24) is 10.3 Å². The van der Waals surface area contributed by atoms with E-state index in [1.54, 1.807) is 7.05 Å². The predicted octanol–water partition coefficient (Wildman–Crippen LogP) is 2.66. The number of nitrogens with one attached hydrogen (secondary N) is 2. The highest BCUT2D eigenvalue weighted by atomic mass is 32.1. The third kappa shape index (κ3) is 1.99. The van der Waals surface area contributed by atoms with Gasteiger partial charge in [0, 0.05) is 7.05 Å². The van der Waals surface area contributed by atoms with Gasteiger partial charge in [-0.05, 0) is 37.1 Å². The lowest BCUT2D eigenvalue weighted by Crippen LogP contribution is -2.24. The van der Waals surface area contributed by atoms with Crippen LogP contribution < -0.4 is 10.6 Å². The first-order valence-electron chi connectivity index (χ1n) is 4.96. The number of urea groups is 1. The van der Waals surface area contributed by atoms with Gasteiger partial charge in [0.2, 0.25) is 0 Å². The zero-order valence-electron chi connectivity index (χ0n) is 9.42. The SMILES string of the molecule is CNC(=O)Nc1nc2cc(C)c(C)cc2s1. The van der Waals surface area contributed by atoms with Gasteiger partial charge in [-0.1, -0.05) is 11.3 Å². The summed E-state index contributed by atoms with van der Waals surface area (Å²) in [6.07, 6.45) is 0. The number of aromatic nitrogens is 1. The molecule has 0 atom stereocenters. The highest BCUT2D eigenvalue weighted by Crippen LogP contribution is 2.28. The van der Waals surface area contributed by atoms with Crippen LogP contribution >= 0.6 is 11.3 Å². The molecule has 0 bridgehead atoms. The first-order chi connectivity index (χ1) is 7.60. The molecule has 2 amide bonds. The molecule has 84 valence electrons. The van der Waals surface area contributed by atoms with Crippen LogP contribution in [0.15, 0.2) is 12.1 Å². The van der Waals surface area contributed by atoms with E-state index in [1.165, 1.54) is 22.5 Å². The fraction of sp³-hybridized carbons (Fsp3) is 0.273. The van der Waals surface area contributed by atoms with Crippen LogP contribution in [0.2, 0.25) is 0 Å². The molecule has 16 heavy (non-hydrogen) atoms. The van der Waals surface area contributed by atoms with Crippen LogP contribution in [0, 0.1) is 13.8 Å². The van der Waals surface area contributed by atoms with Gasteiger partial charge in [0.15, 0.2) is 5.13 Å². The normalized spacial score (nSPS) is 10.4. The molecule has 0 fully saturated rings. The highest BCUT2D eigenvalue weighted by Gasteiger charge is 2.07. The fourth-order valence-corrected chi connectivity index (χ4v) is 2.33. The third-order valence-electron chi connectivity index (χ3n) is 2.45. The number of carbonyl (C=O) groups excluding carboxylic acids is 1. The quantitative estimate of drug-likeness (QED) is 0.798. The van der Waals surface area contributed by atoms with Crippen molar-refractivity contribution in [2.75, 3.05) is 12.4 Å². The molecule has 2 rings (SSSR count). The lowest BCUT2D eigenvalue weighted by Gasteiger charge is -1.97. The van der Waals surface area contributed by atoms with E-state index in [0.29, 0.717) is 5.13 Å². The molecule has 0 aliphatic rings. The largest absolute Gasteiger partial charge is 0.341 e. The van der Waals surface area contributed by atoms with E-state index in [4.69, 9.17) is 0 Å². The Morgan fingerprint density at radius 1 is 1.31 bits per heavy atom. The summed E-state index contributed by atoms with van der Waals surface area (Å²) in [5, 5.41) is 5.80. The maximum Gasteiger partial charge on any atom is 0.320 e. The number of aryl methyl sites for hydroxylation is 2. The summed E-state index contributed by atoms with van der Waals surface area (Å²) in [5.74, 6) is 0. The summed E-state index contributed by atoms with van der Waals surface area (Å²) in [6, 6.07) is 3.89. The second-order valence-corrected chi connectivity index (χ2v) is 4.66. The van der Waals surface area contributed by atoms with Gasteiger partial charge in [0.25, 0.3) is 0 Å². The number of hydrogen-bond acceptors (Lipinski definition) is 3. The predicted molar refractivity (Wildman–Crippen MR) is 67.2 cm³/mol. The van der Waals surface area contributed by atoms with Crippen LogP contribution in [-0.4, -0.2) is 18.1 Å². The topological polar surface area (TPSA) is 54.0 Å². The Kier molecular flexibility index (Phi) is 2.78. The maximum atomic E-state index is 11.1. The molecule has 2 aromatic rings. The van der Waals surface area contributed by atoms with Crippen LogP contribution in [0.1, 0.15) is 11.1 Å². The average Bonchev–Trinajstić information content (AvgIpc) is 2.60. The standard InChI is InChI=1S/C11H13N3OS/c1-6-4-8-9(5-7(6)2)16-11(13-8)14-10(15)12-3/h4-5H,1-3H3,(H2,12,13,14,15). The Bertz CT molecular complexity index is 508. The number of rotatable bonds is 1. The van der Waals surface area contributed by atoms with Crippen molar-refractivity contribution in [2.45, 2.75) is 13.8 Å².